The molecule has 0 aliphatic heterocycles. The predicted molar refractivity (Wildman–Crippen MR) is 77.6 cm³/mol. The van der Waals surface area contributed by atoms with Gasteiger partial charge in [0.15, 0.2) is 0 Å². The lowest BCUT2D eigenvalue weighted by molar-refractivity contribution is -0.430. The molecule has 0 aromatic carbocycles. The van der Waals surface area contributed by atoms with E-state index >= 15 is 0 Å². The van der Waals surface area contributed by atoms with Gasteiger partial charge in [0.05, 0.1) is 0 Å². The molecule has 0 rings (SSSR count). The third-order valence-electron chi connectivity index (χ3n) is 4.29. The monoisotopic (exact) mass is 278 g/mol. The van der Waals surface area contributed by atoms with Gasteiger partial charge in [-0.1, -0.05) is 46.6 Å². The molecule has 0 bridgehead atoms. The Morgan fingerprint density at radius 2 is 0.765 bits per heavy atom. The predicted octanol–water partition coefficient (Wildman–Crippen LogP) is 4.88. The molecule has 0 aliphatic rings. The molecule has 0 aromatic rings. The second-order valence-electron chi connectivity index (χ2n) is 4.72. The zero-order chi connectivity index (χ0) is 13.4. The highest BCUT2D eigenvalue weighted by Gasteiger charge is 2.35. The first-order chi connectivity index (χ1) is 8.07. The normalized spacial score (nSPS) is 13.1. The van der Waals surface area contributed by atoms with Gasteiger partial charge in [-0.05, 0) is 36.3 Å². The van der Waals surface area contributed by atoms with Gasteiger partial charge in [-0.25, -0.2) is 0 Å². The van der Waals surface area contributed by atoms with Crippen molar-refractivity contribution >= 4 is 16.6 Å². The summed E-state index contributed by atoms with van der Waals surface area (Å²) in [7, 11) is -3.36. The van der Waals surface area contributed by atoms with E-state index in [0.29, 0.717) is 0 Å². The zero-order valence-corrected chi connectivity index (χ0v) is 14.5. The van der Waals surface area contributed by atoms with E-state index in [1.165, 1.54) is 0 Å². The van der Waals surface area contributed by atoms with Crippen molar-refractivity contribution in [3.05, 3.63) is 0 Å². The molecule has 0 unspecified atom stereocenters. The minimum atomic E-state index is -1.68. The van der Waals surface area contributed by atoms with Gasteiger partial charge in [-0.15, -0.1) is 0 Å². The van der Waals surface area contributed by atoms with E-state index in [-0.39, 0.29) is 0 Å². The van der Waals surface area contributed by atoms with Gasteiger partial charge in [-0.3, -0.25) is 9.15 Å². The van der Waals surface area contributed by atoms with Crippen LogP contribution in [0.15, 0.2) is 0 Å². The Bertz CT molecular complexity index is 156. The van der Waals surface area contributed by atoms with E-state index in [2.05, 4.69) is 41.5 Å². The topological polar surface area (TPSA) is 27.7 Å². The summed E-state index contributed by atoms with van der Waals surface area (Å²) in [5.41, 5.74) is 0. The molecule has 0 aromatic heterocycles. The molecule has 0 radical (unpaired) electrons. The Kier molecular flexibility index (Phi) is 8.58. The molecule has 0 atom stereocenters. The quantitative estimate of drug-likeness (QED) is 0.324. The van der Waals surface area contributed by atoms with Crippen molar-refractivity contribution in [1.29, 1.82) is 0 Å². The molecule has 0 N–H and O–H groups in total. The van der Waals surface area contributed by atoms with Crippen molar-refractivity contribution in [2.75, 3.05) is 0 Å². The molecule has 0 saturated heterocycles. The van der Waals surface area contributed by atoms with E-state index in [1.54, 1.807) is 0 Å². The molecular formula is C12H30O3Si2. The maximum absolute atomic E-state index is 5.69. The SMILES string of the molecule is CC[Si](CC)(CC)OOO[Si](CC)(CC)CC. The second-order valence-corrected chi connectivity index (χ2v) is 14.0. The summed E-state index contributed by atoms with van der Waals surface area (Å²) in [5, 5.41) is 5.23. The van der Waals surface area contributed by atoms with Crippen LogP contribution in [0.1, 0.15) is 41.5 Å². The average molecular weight is 279 g/mol. The number of hydrogen-bond donors (Lipinski definition) is 0. The Morgan fingerprint density at radius 3 is 0.941 bits per heavy atom. The summed E-state index contributed by atoms with van der Waals surface area (Å²) < 4.78 is 11.4. The molecule has 0 saturated carbocycles. The van der Waals surface area contributed by atoms with Gasteiger partial charge >= 0.3 is 0 Å². The smallest absolute Gasteiger partial charge is 0.242 e. The fraction of sp³-hybridized carbons (Fsp3) is 1.00. The Hall–Kier alpha value is 0.314. The van der Waals surface area contributed by atoms with Crippen molar-refractivity contribution in [3.63, 3.8) is 0 Å². The first-order valence-electron chi connectivity index (χ1n) is 7.11. The van der Waals surface area contributed by atoms with Crippen molar-refractivity contribution < 1.29 is 14.2 Å². The molecule has 0 aliphatic carbocycles. The van der Waals surface area contributed by atoms with Gasteiger partial charge in [0, 0.05) is 0 Å². The van der Waals surface area contributed by atoms with Crippen molar-refractivity contribution in [2.45, 2.75) is 77.8 Å². The fourth-order valence-corrected chi connectivity index (χ4v) is 6.15. The van der Waals surface area contributed by atoms with Crippen LogP contribution in [0.25, 0.3) is 0 Å². The van der Waals surface area contributed by atoms with Crippen LogP contribution in [0, 0.1) is 0 Å². The third kappa shape index (κ3) is 4.83. The molecule has 104 valence electrons. The maximum atomic E-state index is 5.69. The molecular weight excluding hydrogens is 248 g/mol. The van der Waals surface area contributed by atoms with Crippen LogP contribution in [-0.4, -0.2) is 16.6 Å². The van der Waals surface area contributed by atoms with E-state index in [1.807, 2.05) is 0 Å². The van der Waals surface area contributed by atoms with Gasteiger partial charge in [0.25, 0.3) is 0 Å². The lowest BCUT2D eigenvalue weighted by atomic mass is 10.9. The number of rotatable bonds is 10. The summed E-state index contributed by atoms with van der Waals surface area (Å²) in [4.78, 5) is 0. The first-order valence-corrected chi connectivity index (χ1v) is 12.2. The van der Waals surface area contributed by atoms with Crippen LogP contribution in [-0.2, 0) is 14.2 Å². The van der Waals surface area contributed by atoms with Crippen LogP contribution in [0.2, 0.25) is 36.3 Å². The summed E-state index contributed by atoms with van der Waals surface area (Å²) in [6.45, 7) is 13.1. The Balaban J connectivity index is 4.28. The highest BCUT2D eigenvalue weighted by Crippen LogP contribution is 2.25. The van der Waals surface area contributed by atoms with Crippen LogP contribution >= 0.6 is 0 Å². The molecule has 0 heterocycles. The third-order valence-corrected chi connectivity index (χ3v) is 12.9. The van der Waals surface area contributed by atoms with Crippen molar-refractivity contribution in [1.82, 2.24) is 0 Å². The molecule has 0 fully saturated rings. The minimum Gasteiger partial charge on any atom is -0.258 e. The molecule has 0 spiro atoms. The highest BCUT2D eigenvalue weighted by molar-refractivity contribution is 6.74. The minimum absolute atomic E-state index is 1.09. The van der Waals surface area contributed by atoms with Crippen molar-refractivity contribution in [3.8, 4) is 0 Å². The zero-order valence-electron chi connectivity index (χ0n) is 12.5. The summed E-state index contributed by atoms with van der Waals surface area (Å²) in [5.74, 6) is 0. The molecule has 17 heavy (non-hydrogen) atoms. The molecule has 3 nitrogen and oxygen atoms in total. The molecule has 5 heteroatoms. The van der Waals surface area contributed by atoms with Crippen LogP contribution in [0.4, 0.5) is 0 Å². The molecule has 0 amide bonds. The standard InChI is InChI=1S/C12H30O3Si2/c1-7-16(8-2,9-3)14-13-15-17(10-4,11-5)12-6/h7-12H2,1-6H3. The Morgan fingerprint density at radius 1 is 0.529 bits per heavy atom. The van der Waals surface area contributed by atoms with Crippen LogP contribution < -0.4 is 0 Å². The number of hydrogen-bond acceptors (Lipinski definition) is 3. The lowest BCUT2D eigenvalue weighted by Gasteiger charge is -2.29. The van der Waals surface area contributed by atoms with Crippen LogP contribution in [0.5, 0.6) is 0 Å². The Labute approximate surface area is 109 Å². The highest BCUT2D eigenvalue weighted by atomic mass is 28.4. The largest absolute Gasteiger partial charge is 0.258 e. The van der Waals surface area contributed by atoms with Gasteiger partial charge in [0.2, 0.25) is 16.6 Å². The average Bonchev–Trinajstić information content (AvgIpc) is 2.41. The van der Waals surface area contributed by atoms with Gasteiger partial charge in [-0.2, -0.15) is 0 Å². The second kappa shape index (κ2) is 8.42. The van der Waals surface area contributed by atoms with E-state index in [4.69, 9.17) is 14.2 Å². The van der Waals surface area contributed by atoms with Gasteiger partial charge in [0.1, 0.15) is 0 Å². The maximum Gasteiger partial charge on any atom is 0.242 e. The van der Waals surface area contributed by atoms with E-state index in [0.717, 1.165) is 36.3 Å². The summed E-state index contributed by atoms with van der Waals surface area (Å²) in [6, 6.07) is 6.51. The van der Waals surface area contributed by atoms with Crippen molar-refractivity contribution in [2.24, 2.45) is 0 Å². The van der Waals surface area contributed by atoms with E-state index < -0.39 is 16.6 Å². The fourth-order valence-electron chi connectivity index (χ4n) is 2.01. The summed E-state index contributed by atoms with van der Waals surface area (Å²) >= 11 is 0. The first kappa shape index (κ1) is 17.3. The van der Waals surface area contributed by atoms with Gasteiger partial charge < -0.3 is 0 Å². The summed E-state index contributed by atoms with van der Waals surface area (Å²) in [6.07, 6.45) is 0. The van der Waals surface area contributed by atoms with Crippen LogP contribution in [0.3, 0.4) is 0 Å². The van der Waals surface area contributed by atoms with E-state index in [9.17, 15) is 0 Å². The lowest BCUT2D eigenvalue weighted by Crippen LogP contribution is -2.40.